The van der Waals surface area contributed by atoms with Gasteiger partial charge in [-0.2, -0.15) is 0 Å². The summed E-state index contributed by atoms with van der Waals surface area (Å²) in [6, 6.07) is 7.74. The van der Waals surface area contributed by atoms with Crippen molar-refractivity contribution in [2.45, 2.75) is 136 Å². The average Bonchev–Trinajstić information content (AvgIpc) is 2.80. The molecule has 0 atom stereocenters. The molecule has 0 aliphatic carbocycles. The molecule has 0 saturated heterocycles. The highest BCUT2D eigenvalue weighted by Gasteiger charge is 2.03. The minimum Gasteiger partial charge on any atom is -0.494 e. The van der Waals surface area contributed by atoms with Gasteiger partial charge in [-0.1, -0.05) is 117 Å². The largest absolute Gasteiger partial charge is 0.494 e. The van der Waals surface area contributed by atoms with Crippen LogP contribution in [0, 0.1) is 0 Å². The first-order valence-corrected chi connectivity index (χ1v) is 13.8. The SMILES string of the molecule is CCCCCCCCCCCCCCCCCC(=O)Nc1ccc(OCCCCC)cc1. The van der Waals surface area contributed by atoms with Crippen LogP contribution in [0.1, 0.15) is 136 Å². The molecule has 0 radical (unpaired) electrons. The summed E-state index contributed by atoms with van der Waals surface area (Å²) in [5, 5.41) is 3.00. The Balaban J connectivity index is 1.90. The predicted molar refractivity (Wildman–Crippen MR) is 140 cm³/mol. The van der Waals surface area contributed by atoms with E-state index in [0.717, 1.165) is 37.3 Å². The molecule has 3 nitrogen and oxygen atoms in total. The van der Waals surface area contributed by atoms with Crippen molar-refractivity contribution < 1.29 is 9.53 Å². The number of hydrogen-bond donors (Lipinski definition) is 1. The molecule has 0 heterocycles. The lowest BCUT2D eigenvalue weighted by molar-refractivity contribution is -0.116. The summed E-state index contributed by atoms with van der Waals surface area (Å²) >= 11 is 0. The Labute approximate surface area is 199 Å². The van der Waals surface area contributed by atoms with E-state index in [1.807, 2.05) is 24.3 Å². The summed E-state index contributed by atoms with van der Waals surface area (Å²) in [6.07, 6.45) is 24.3. The zero-order chi connectivity index (χ0) is 23.1. The van der Waals surface area contributed by atoms with Gasteiger partial charge in [-0.15, -0.1) is 0 Å². The number of nitrogens with one attached hydrogen (secondary N) is 1. The summed E-state index contributed by atoms with van der Waals surface area (Å²) < 4.78 is 5.72. The van der Waals surface area contributed by atoms with Crippen LogP contribution < -0.4 is 10.1 Å². The van der Waals surface area contributed by atoms with E-state index in [4.69, 9.17) is 4.74 Å². The first kappa shape index (κ1) is 28.5. The fourth-order valence-corrected chi connectivity index (χ4v) is 4.06. The van der Waals surface area contributed by atoms with Crippen LogP contribution in [0.5, 0.6) is 5.75 Å². The first-order valence-electron chi connectivity index (χ1n) is 13.8. The smallest absolute Gasteiger partial charge is 0.224 e. The molecule has 0 saturated carbocycles. The zero-order valence-electron chi connectivity index (χ0n) is 21.3. The molecule has 0 bridgehead atoms. The maximum Gasteiger partial charge on any atom is 0.224 e. The minimum atomic E-state index is 0.122. The van der Waals surface area contributed by atoms with Crippen LogP contribution in [-0.2, 0) is 4.79 Å². The van der Waals surface area contributed by atoms with Crippen molar-refractivity contribution in [2.24, 2.45) is 0 Å². The number of carbonyl (C=O) groups is 1. The van der Waals surface area contributed by atoms with Crippen molar-refractivity contribution >= 4 is 11.6 Å². The highest BCUT2D eigenvalue weighted by atomic mass is 16.5. The number of hydrogen-bond acceptors (Lipinski definition) is 2. The number of unbranched alkanes of at least 4 members (excludes halogenated alkanes) is 16. The van der Waals surface area contributed by atoms with E-state index >= 15 is 0 Å². The number of carbonyl (C=O) groups excluding carboxylic acids is 1. The van der Waals surface area contributed by atoms with Crippen molar-refractivity contribution in [3.8, 4) is 5.75 Å². The minimum absolute atomic E-state index is 0.122. The summed E-state index contributed by atoms with van der Waals surface area (Å²) in [5.74, 6) is 0.998. The summed E-state index contributed by atoms with van der Waals surface area (Å²) in [7, 11) is 0. The molecular formula is C29H51NO2. The predicted octanol–water partition coefficient (Wildman–Crippen LogP) is 9.46. The van der Waals surface area contributed by atoms with Gasteiger partial charge in [0.1, 0.15) is 5.75 Å². The Morgan fingerprint density at radius 1 is 0.625 bits per heavy atom. The van der Waals surface area contributed by atoms with E-state index in [1.165, 1.54) is 96.3 Å². The van der Waals surface area contributed by atoms with Crippen LogP contribution in [0.25, 0.3) is 0 Å². The lowest BCUT2D eigenvalue weighted by Crippen LogP contribution is -2.11. The molecule has 1 aromatic rings. The van der Waals surface area contributed by atoms with Crippen LogP contribution in [0.4, 0.5) is 5.69 Å². The molecule has 1 rings (SSSR count). The fourth-order valence-electron chi connectivity index (χ4n) is 4.06. The second-order valence-corrected chi connectivity index (χ2v) is 9.33. The van der Waals surface area contributed by atoms with Crippen molar-refractivity contribution in [1.29, 1.82) is 0 Å². The molecule has 184 valence electrons. The normalized spacial score (nSPS) is 10.9. The van der Waals surface area contributed by atoms with Gasteiger partial charge in [0.15, 0.2) is 0 Å². The quantitative estimate of drug-likeness (QED) is 0.180. The molecular weight excluding hydrogens is 394 g/mol. The van der Waals surface area contributed by atoms with Gasteiger partial charge < -0.3 is 10.1 Å². The molecule has 0 aliphatic heterocycles. The number of ether oxygens (including phenoxy) is 1. The van der Waals surface area contributed by atoms with Crippen LogP contribution in [-0.4, -0.2) is 12.5 Å². The molecule has 1 aromatic carbocycles. The number of anilines is 1. The molecule has 0 spiro atoms. The third-order valence-corrected chi connectivity index (χ3v) is 6.16. The molecule has 3 heteroatoms. The Kier molecular flexibility index (Phi) is 19.0. The van der Waals surface area contributed by atoms with Gasteiger partial charge in [0.2, 0.25) is 5.91 Å². The van der Waals surface area contributed by atoms with Crippen LogP contribution in [0.15, 0.2) is 24.3 Å². The van der Waals surface area contributed by atoms with Crippen LogP contribution in [0.3, 0.4) is 0 Å². The average molecular weight is 446 g/mol. The van der Waals surface area contributed by atoms with Gasteiger partial charge >= 0.3 is 0 Å². The third-order valence-electron chi connectivity index (χ3n) is 6.16. The molecule has 0 unspecified atom stereocenters. The van der Waals surface area contributed by atoms with Crippen molar-refractivity contribution in [2.75, 3.05) is 11.9 Å². The molecule has 1 amide bonds. The second-order valence-electron chi connectivity index (χ2n) is 9.33. The topological polar surface area (TPSA) is 38.3 Å². The molecule has 1 N–H and O–H groups in total. The number of amides is 1. The van der Waals surface area contributed by atoms with Gasteiger partial charge in [-0.05, 0) is 37.1 Å². The van der Waals surface area contributed by atoms with E-state index in [2.05, 4.69) is 19.2 Å². The lowest BCUT2D eigenvalue weighted by atomic mass is 10.0. The van der Waals surface area contributed by atoms with E-state index in [0.29, 0.717) is 6.42 Å². The van der Waals surface area contributed by atoms with E-state index < -0.39 is 0 Å². The van der Waals surface area contributed by atoms with Crippen molar-refractivity contribution in [3.63, 3.8) is 0 Å². The standard InChI is InChI=1S/C29H51NO2/c1-3-5-7-8-9-10-11-12-13-14-15-16-17-18-19-21-29(31)30-27-22-24-28(25-23-27)32-26-20-6-4-2/h22-25H,3-21,26H2,1-2H3,(H,30,31). The van der Waals surface area contributed by atoms with Crippen molar-refractivity contribution in [1.82, 2.24) is 0 Å². The molecule has 0 aromatic heterocycles. The Morgan fingerprint density at radius 2 is 1.06 bits per heavy atom. The third kappa shape index (κ3) is 17.1. The van der Waals surface area contributed by atoms with Gasteiger partial charge in [0.25, 0.3) is 0 Å². The van der Waals surface area contributed by atoms with E-state index in [9.17, 15) is 4.79 Å². The molecule has 32 heavy (non-hydrogen) atoms. The van der Waals surface area contributed by atoms with Gasteiger partial charge in [0.05, 0.1) is 6.61 Å². The number of benzene rings is 1. The van der Waals surface area contributed by atoms with Gasteiger partial charge in [-0.3, -0.25) is 4.79 Å². The highest BCUT2D eigenvalue weighted by Crippen LogP contribution is 2.17. The van der Waals surface area contributed by atoms with Crippen LogP contribution in [0.2, 0.25) is 0 Å². The maximum atomic E-state index is 12.1. The van der Waals surface area contributed by atoms with Crippen molar-refractivity contribution in [3.05, 3.63) is 24.3 Å². The molecule has 0 fully saturated rings. The molecule has 0 aliphatic rings. The summed E-state index contributed by atoms with van der Waals surface area (Å²) in [5.41, 5.74) is 0.858. The Morgan fingerprint density at radius 3 is 1.56 bits per heavy atom. The summed E-state index contributed by atoms with van der Waals surface area (Å²) in [4.78, 5) is 12.1. The fraction of sp³-hybridized carbons (Fsp3) is 0.759. The lowest BCUT2D eigenvalue weighted by Gasteiger charge is -2.08. The highest BCUT2D eigenvalue weighted by molar-refractivity contribution is 5.90. The Bertz CT molecular complexity index is 541. The van der Waals surface area contributed by atoms with Crippen LogP contribution >= 0.6 is 0 Å². The van der Waals surface area contributed by atoms with E-state index in [1.54, 1.807) is 0 Å². The summed E-state index contributed by atoms with van der Waals surface area (Å²) in [6.45, 7) is 5.24. The van der Waals surface area contributed by atoms with E-state index in [-0.39, 0.29) is 5.91 Å². The monoisotopic (exact) mass is 445 g/mol. The first-order chi connectivity index (χ1) is 15.8. The van der Waals surface area contributed by atoms with Gasteiger partial charge in [-0.25, -0.2) is 0 Å². The number of rotatable bonds is 22. The maximum absolute atomic E-state index is 12.1. The Hall–Kier alpha value is -1.51. The zero-order valence-corrected chi connectivity index (χ0v) is 21.3. The van der Waals surface area contributed by atoms with Gasteiger partial charge in [0, 0.05) is 12.1 Å². The second kappa shape index (κ2) is 21.3.